The number of hydrogen-bond acceptors (Lipinski definition) is 5. The minimum absolute atomic E-state index is 0.0586. The van der Waals surface area contributed by atoms with Crippen LogP contribution in [0.5, 0.6) is 0 Å². The maximum Gasteiger partial charge on any atom is 0.407 e. The number of nitrogens with one attached hydrogen (secondary N) is 1. The third-order valence-corrected chi connectivity index (χ3v) is 5.32. The third kappa shape index (κ3) is 7.66. The SMILES string of the molecule is CC(C)(C)OC(=O)NC1CCC(CS(=O)(=O)CCN)CC1. The van der Waals surface area contributed by atoms with Gasteiger partial charge in [0, 0.05) is 12.6 Å². The Morgan fingerprint density at radius 3 is 2.29 bits per heavy atom. The Kier molecular flexibility index (Phi) is 6.46. The van der Waals surface area contributed by atoms with Crippen LogP contribution >= 0.6 is 0 Å². The van der Waals surface area contributed by atoms with Crippen LogP contribution in [0.2, 0.25) is 0 Å². The predicted octanol–water partition coefficient (Wildman–Crippen LogP) is 1.44. The van der Waals surface area contributed by atoms with Gasteiger partial charge in [0.25, 0.3) is 0 Å². The van der Waals surface area contributed by atoms with Crippen molar-refractivity contribution in [3.8, 4) is 0 Å². The summed E-state index contributed by atoms with van der Waals surface area (Å²) in [5, 5.41) is 2.85. The van der Waals surface area contributed by atoms with Gasteiger partial charge >= 0.3 is 6.09 Å². The molecule has 21 heavy (non-hydrogen) atoms. The molecule has 0 saturated heterocycles. The largest absolute Gasteiger partial charge is 0.444 e. The molecule has 0 bridgehead atoms. The average molecular weight is 320 g/mol. The summed E-state index contributed by atoms with van der Waals surface area (Å²) >= 11 is 0. The molecule has 1 amide bonds. The van der Waals surface area contributed by atoms with Gasteiger partial charge in [0.1, 0.15) is 5.60 Å². The van der Waals surface area contributed by atoms with E-state index in [2.05, 4.69) is 5.32 Å². The van der Waals surface area contributed by atoms with Gasteiger partial charge in [0.2, 0.25) is 0 Å². The molecule has 0 radical (unpaired) electrons. The minimum atomic E-state index is -3.03. The van der Waals surface area contributed by atoms with E-state index < -0.39 is 21.5 Å². The Morgan fingerprint density at radius 1 is 1.24 bits per heavy atom. The molecule has 0 aliphatic heterocycles. The first-order valence-electron chi connectivity index (χ1n) is 7.51. The van der Waals surface area contributed by atoms with Crippen LogP contribution in [0.4, 0.5) is 4.79 Å². The number of nitrogens with two attached hydrogens (primary N) is 1. The van der Waals surface area contributed by atoms with E-state index >= 15 is 0 Å². The molecule has 0 spiro atoms. The Labute approximate surface area is 127 Å². The van der Waals surface area contributed by atoms with Crippen LogP contribution in [0.15, 0.2) is 0 Å². The lowest BCUT2D eigenvalue weighted by molar-refractivity contribution is 0.0488. The number of ether oxygens (including phenoxy) is 1. The van der Waals surface area contributed by atoms with E-state index in [1.165, 1.54) is 0 Å². The lowest BCUT2D eigenvalue weighted by atomic mass is 9.87. The van der Waals surface area contributed by atoms with Crippen molar-refractivity contribution in [3.05, 3.63) is 0 Å². The number of hydrogen-bond donors (Lipinski definition) is 2. The van der Waals surface area contributed by atoms with Crippen LogP contribution in [-0.4, -0.2) is 44.2 Å². The average Bonchev–Trinajstić information content (AvgIpc) is 2.28. The standard InChI is InChI=1S/C14H28N2O4S/c1-14(2,3)20-13(17)16-12-6-4-11(5-7-12)10-21(18,19)9-8-15/h11-12H,4-10,15H2,1-3H3,(H,16,17). The van der Waals surface area contributed by atoms with E-state index in [0.29, 0.717) is 0 Å². The van der Waals surface area contributed by atoms with Crippen molar-refractivity contribution >= 4 is 15.9 Å². The summed E-state index contributed by atoms with van der Waals surface area (Å²) < 4.78 is 28.7. The molecule has 1 aliphatic rings. The molecule has 1 fully saturated rings. The summed E-state index contributed by atoms with van der Waals surface area (Å²) in [5.41, 5.74) is 4.80. The normalized spacial score (nSPS) is 23.6. The summed E-state index contributed by atoms with van der Waals surface area (Å²) in [4.78, 5) is 11.7. The fourth-order valence-corrected chi connectivity index (χ4v) is 4.15. The summed E-state index contributed by atoms with van der Waals surface area (Å²) in [6.45, 7) is 5.65. The van der Waals surface area contributed by atoms with Crippen molar-refractivity contribution in [1.82, 2.24) is 5.32 Å². The van der Waals surface area contributed by atoms with Crippen molar-refractivity contribution in [2.75, 3.05) is 18.1 Å². The van der Waals surface area contributed by atoms with E-state index in [4.69, 9.17) is 10.5 Å². The van der Waals surface area contributed by atoms with Gasteiger partial charge in [-0.2, -0.15) is 0 Å². The molecule has 1 aliphatic carbocycles. The Balaban J connectivity index is 2.34. The number of carbonyl (C=O) groups excluding carboxylic acids is 1. The smallest absolute Gasteiger partial charge is 0.407 e. The molecule has 6 nitrogen and oxygen atoms in total. The number of rotatable bonds is 5. The molecule has 0 aromatic heterocycles. The molecule has 3 N–H and O–H groups in total. The Hall–Kier alpha value is -0.820. The fraction of sp³-hybridized carbons (Fsp3) is 0.929. The van der Waals surface area contributed by atoms with E-state index in [-0.39, 0.29) is 30.0 Å². The Bertz CT molecular complexity index is 434. The van der Waals surface area contributed by atoms with E-state index in [1.54, 1.807) is 0 Å². The topological polar surface area (TPSA) is 98.5 Å². The molecule has 0 heterocycles. The van der Waals surface area contributed by atoms with Crippen LogP contribution < -0.4 is 11.1 Å². The molecular weight excluding hydrogens is 292 g/mol. The second-order valence-electron chi connectivity index (χ2n) is 6.77. The van der Waals surface area contributed by atoms with Crippen LogP contribution in [-0.2, 0) is 14.6 Å². The molecule has 124 valence electrons. The third-order valence-electron chi connectivity index (χ3n) is 3.49. The van der Waals surface area contributed by atoms with Gasteiger partial charge in [-0.15, -0.1) is 0 Å². The highest BCUT2D eigenvalue weighted by molar-refractivity contribution is 7.91. The minimum Gasteiger partial charge on any atom is -0.444 e. The first-order chi connectivity index (χ1) is 9.61. The molecule has 1 rings (SSSR count). The molecule has 0 aromatic carbocycles. The van der Waals surface area contributed by atoms with E-state index in [1.807, 2.05) is 20.8 Å². The highest BCUT2D eigenvalue weighted by atomic mass is 32.2. The maximum atomic E-state index is 11.7. The van der Waals surface area contributed by atoms with Crippen molar-refractivity contribution in [1.29, 1.82) is 0 Å². The summed E-state index contributed by atoms with van der Waals surface area (Å²) in [7, 11) is -3.03. The van der Waals surface area contributed by atoms with Gasteiger partial charge < -0.3 is 15.8 Å². The Morgan fingerprint density at radius 2 is 1.81 bits per heavy atom. The van der Waals surface area contributed by atoms with Gasteiger partial charge in [-0.3, -0.25) is 0 Å². The fourth-order valence-electron chi connectivity index (χ4n) is 2.57. The molecule has 0 aromatic rings. The van der Waals surface area contributed by atoms with Crippen molar-refractivity contribution < 1.29 is 17.9 Å². The monoisotopic (exact) mass is 320 g/mol. The van der Waals surface area contributed by atoms with Crippen molar-refractivity contribution in [3.63, 3.8) is 0 Å². The second kappa shape index (κ2) is 7.45. The van der Waals surface area contributed by atoms with Crippen LogP contribution in [0, 0.1) is 5.92 Å². The summed E-state index contributed by atoms with van der Waals surface area (Å²) in [5.74, 6) is 0.449. The molecular formula is C14H28N2O4S. The number of alkyl carbamates (subject to hydrolysis) is 1. The summed E-state index contributed by atoms with van der Waals surface area (Å²) in [6.07, 6.45) is 2.81. The highest BCUT2D eigenvalue weighted by Crippen LogP contribution is 2.26. The number of sulfone groups is 1. The van der Waals surface area contributed by atoms with E-state index in [9.17, 15) is 13.2 Å². The van der Waals surface area contributed by atoms with Crippen LogP contribution in [0.1, 0.15) is 46.5 Å². The first kappa shape index (κ1) is 18.2. The zero-order valence-corrected chi connectivity index (χ0v) is 14.0. The molecule has 7 heteroatoms. The number of carbonyl (C=O) groups is 1. The lowest BCUT2D eigenvalue weighted by Gasteiger charge is -2.30. The maximum absolute atomic E-state index is 11.7. The molecule has 0 atom stereocenters. The first-order valence-corrected chi connectivity index (χ1v) is 9.33. The van der Waals surface area contributed by atoms with Crippen LogP contribution in [0.3, 0.4) is 0 Å². The van der Waals surface area contributed by atoms with Gasteiger partial charge in [-0.25, -0.2) is 13.2 Å². The van der Waals surface area contributed by atoms with Crippen LogP contribution in [0.25, 0.3) is 0 Å². The second-order valence-corrected chi connectivity index (χ2v) is 9.00. The summed E-state index contributed by atoms with van der Waals surface area (Å²) in [6, 6.07) is 0.0771. The number of amides is 1. The highest BCUT2D eigenvalue weighted by Gasteiger charge is 2.27. The van der Waals surface area contributed by atoms with Gasteiger partial charge in [0.05, 0.1) is 11.5 Å². The van der Waals surface area contributed by atoms with Crippen molar-refractivity contribution in [2.24, 2.45) is 11.7 Å². The van der Waals surface area contributed by atoms with Gasteiger partial charge in [0.15, 0.2) is 9.84 Å². The molecule has 1 saturated carbocycles. The van der Waals surface area contributed by atoms with Gasteiger partial charge in [-0.1, -0.05) is 0 Å². The lowest BCUT2D eigenvalue weighted by Crippen LogP contribution is -2.41. The zero-order valence-electron chi connectivity index (χ0n) is 13.2. The zero-order chi connectivity index (χ0) is 16.1. The molecule has 0 unspecified atom stereocenters. The quantitative estimate of drug-likeness (QED) is 0.798. The van der Waals surface area contributed by atoms with Crippen molar-refractivity contribution in [2.45, 2.75) is 58.1 Å². The predicted molar refractivity (Wildman–Crippen MR) is 82.8 cm³/mol. The van der Waals surface area contributed by atoms with E-state index in [0.717, 1.165) is 25.7 Å². The van der Waals surface area contributed by atoms with Gasteiger partial charge in [-0.05, 0) is 52.4 Å².